The Labute approximate surface area is 165 Å². The van der Waals surface area contributed by atoms with E-state index in [1.54, 1.807) is 24.3 Å². The number of ether oxygens (including phenoxy) is 1. The van der Waals surface area contributed by atoms with Crippen LogP contribution in [0.3, 0.4) is 0 Å². The largest absolute Gasteiger partial charge is 0.507 e. The predicted molar refractivity (Wildman–Crippen MR) is 106 cm³/mol. The van der Waals surface area contributed by atoms with Gasteiger partial charge in [0.1, 0.15) is 17.1 Å². The maximum absolute atomic E-state index is 12.4. The van der Waals surface area contributed by atoms with E-state index in [9.17, 15) is 24.6 Å². The second kappa shape index (κ2) is 7.89. The highest BCUT2D eigenvalue weighted by Crippen LogP contribution is 2.35. The van der Waals surface area contributed by atoms with Crippen molar-refractivity contribution in [2.75, 3.05) is 5.32 Å². The van der Waals surface area contributed by atoms with Crippen molar-refractivity contribution in [3.8, 4) is 11.5 Å². The van der Waals surface area contributed by atoms with E-state index in [1.165, 1.54) is 31.2 Å². The average Bonchev–Trinajstić information content (AvgIpc) is 2.71. The zero-order valence-electron chi connectivity index (χ0n) is 15.4. The molecular formula is C21H18N2O6. The highest BCUT2D eigenvalue weighted by Gasteiger charge is 2.23. The molecule has 0 saturated carbocycles. The number of nitrogens with two attached hydrogens (primary N) is 1. The summed E-state index contributed by atoms with van der Waals surface area (Å²) in [7, 11) is 0. The summed E-state index contributed by atoms with van der Waals surface area (Å²) in [5, 5.41) is 23.7. The third-order valence-electron chi connectivity index (χ3n) is 4.30. The number of esters is 1. The van der Waals surface area contributed by atoms with E-state index in [0.717, 1.165) is 6.07 Å². The number of aromatic hydroxyl groups is 2. The molecule has 3 rings (SSSR count). The summed E-state index contributed by atoms with van der Waals surface area (Å²) >= 11 is 0. The molecule has 0 fully saturated rings. The molecule has 0 spiro atoms. The fourth-order valence-electron chi connectivity index (χ4n) is 2.74. The number of phenols is 2. The molecule has 2 amide bonds. The number of carbonyl (C=O) groups is 3. The Bertz CT molecular complexity index is 1110. The minimum atomic E-state index is -1.19. The Kier molecular flexibility index (Phi) is 5.36. The number of rotatable bonds is 5. The third kappa shape index (κ3) is 4.11. The zero-order chi connectivity index (χ0) is 21.1. The third-order valence-corrected chi connectivity index (χ3v) is 4.30. The first kappa shape index (κ1) is 19.7. The quantitative estimate of drug-likeness (QED) is 0.387. The highest BCUT2D eigenvalue weighted by atomic mass is 16.5. The lowest BCUT2D eigenvalue weighted by Gasteiger charge is -2.15. The van der Waals surface area contributed by atoms with Gasteiger partial charge in [-0.05, 0) is 37.3 Å². The molecule has 3 aromatic rings. The standard InChI is InChI=1S/C21H18N2O6/c1-11(20(27)23-13-8-6-12(7-9-13)19(22)26)29-21(28)16-10-17(24)14-4-2-3-5-15(14)18(16)25/h2-11,24-25H,1H3,(H2,22,26)(H,23,27)/t11-/m0/s1. The van der Waals surface area contributed by atoms with Crippen LogP contribution in [-0.4, -0.2) is 34.1 Å². The van der Waals surface area contributed by atoms with Crippen molar-refractivity contribution in [1.82, 2.24) is 0 Å². The number of hydrogen-bond donors (Lipinski definition) is 4. The molecule has 148 valence electrons. The smallest absolute Gasteiger partial charge is 0.342 e. The first-order valence-corrected chi connectivity index (χ1v) is 8.63. The lowest BCUT2D eigenvalue weighted by atomic mass is 10.0. The van der Waals surface area contributed by atoms with Gasteiger partial charge in [-0.2, -0.15) is 0 Å². The van der Waals surface area contributed by atoms with Crippen LogP contribution in [0.15, 0.2) is 54.6 Å². The number of fused-ring (bicyclic) bond motifs is 1. The second-order valence-corrected chi connectivity index (χ2v) is 6.32. The number of anilines is 1. The van der Waals surface area contributed by atoms with E-state index in [2.05, 4.69) is 5.32 Å². The summed E-state index contributed by atoms with van der Waals surface area (Å²) in [5.41, 5.74) is 5.57. The molecule has 1 atom stereocenters. The highest BCUT2D eigenvalue weighted by molar-refractivity contribution is 6.05. The van der Waals surface area contributed by atoms with Gasteiger partial charge in [-0.3, -0.25) is 9.59 Å². The summed E-state index contributed by atoms with van der Waals surface area (Å²) in [6.45, 7) is 1.36. The van der Waals surface area contributed by atoms with Gasteiger partial charge in [-0.1, -0.05) is 24.3 Å². The lowest BCUT2D eigenvalue weighted by Crippen LogP contribution is -2.30. The number of hydrogen-bond acceptors (Lipinski definition) is 6. The van der Waals surface area contributed by atoms with Crippen molar-refractivity contribution in [2.24, 2.45) is 5.73 Å². The molecule has 0 bridgehead atoms. The molecule has 3 aromatic carbocycles. The minimum Gasteiger partial charge on any atom is -0.507 e. The predicted octanol–water partition coefficient (Wildman–Crippen LogP) is 2.53. The number of carbonyl (C=O) groups excluding carboxylic acids is 3. The van der Waals surface area contributed by atoms with E-state index < -0.39 is 23.9 Å². The monoisotopic (exact) mass is 394 g/mol. The molecule has 0 radical (unpaired) electrons. The SMILES string of the molecule is C[C@H](OC(=O)c1cc(O)c2ccccc2c1O)C(=O)Nc1ccc(C(N)=O)cc1. The molecular weight excluding hydrogens is 376 g/mol. The molecule has 0 unspecified atom stereocenters. The van der Waals surface area contributed by atoms with Gasteiger partial charge < -0.3 is 26.0 Å². The number of nitrogens with one attached hydrogen (secondary N) is 1. The van der Waals surface area contributed by atoms with Gasteiger partial charge in [-0.25, -0.2) is 4.79 Å². The molecule has 8 nitrogen and oxygen atoms in total. The van der Waals surface area contributed by atoms with E-state index in [-0.39, 0.29) is 28.0 Å². The molecule has 5 N–H and O–H groups in total. The number of amides is 2. The van der Waals surface area contributed by atoms with Crippen LogP contribution >= 0.6 is 0 Å². The van der Waals surface area contributed by atoms with Crippen molar-refractivity contribution in [2.45, 2.75) is 13.0 Å². The maximum atomic E-state index is 12.4. The zero-order valence-corrected chi connectivity index (χ0v) is 15.4. The fraction of sp³-hybridized carbons (Fsp3) is 0.0952. The van der Waals surface area contributed by atoms with Crippen molar-refractivity contribution in [3.05, 3.63) is 65.7 Å². The van der Waals surface area contributed by atoms with E-state index in [4.69, 9.17) is 10.5 Å². The minimum absolute atomic E-state index is 0.197. The molecule has 29 heavy (non-hydrogen) atoms. The van der Waals surface area contributed by atoms with Gasteiger partial charge in [0, 0.05) is 22.0 Å². The van der Waals surface area contributed by atoms with Gasteiger partial charge in [0.15, 0.2) is 6.10 Å². The number of benzene rings is 3. The summed E-state index contributed by atoms with van der Waals surface area (Å²) in [6, 6.07) is 13.4. The van der Waals surface area contributed by atoms with Crippen LogP contribution < -0.4 is 11.1 Å². The molecule has 0 aliphatic carbocycles. The van der Waals surface area contributed by atoms with Gasteiger partial charge in [0.25, 0.3) is 5.91 Å². The van der Waals surface area contributed by atoms with Crippen molar-refractivity contribution >= 4 is 34.2 Å². The Morgan fingerprint density at radius 2 is 1.62 bits per heavy atom. The van der Waals surface area contributed by atoms with Crippen molar-refractivity contribution < 1.29 is 29.3 Å². The maximum Gasteiger partial charge on any atom is 0.342 e. The molecule has 8 heteroatoms. The summed E-state index contributed by atoms with van der Waals surface area (Å²) < 4.78 is 5.12. The molecule has 0 heterocycles. The Balaban J connectivity index is 1.73. The van der Waals surface area contributed by atoms with E-state index in [0.29, 0.717) is 11.1 Å². The van der Waals surface area contributed by atoms with Crippen LogP contribution in [0.2, 0.25) is 0 Å². The van der Waals surface area contributed by atoms with Crippen LogP contribution in [0.4, 0.5) is 5.69 Å². The Hall–Kier alpha value is -4.07. The van der Waals surface area contributed by atoms with Crippen LogP contribution in [0.5, 0.6) is 11.5 Å². The van der Waals surface area contributed by atoms with Crippen LogP contribution in [-0.2, 0) is 9.53 Å². The Morgan fingerprint density at radius 1 is 1.00 bits per heavy atom. The summed E-state index contributed by atoms with van der Waals surface area (Å²) in [4.78, 5) is 35.8. The molecule has 0 aromatic heterocycles. The fourth-order valence-corrected chi connectivity index (χ4v) is 2.74. The van der Waals surface area contributed by atoms with Gasteiger partial charge in [0.05, 0.1) is 0 Å². The van der Waals surface area contributed by atoms with Crippen molar-refractivity contribution in [1.29, 1.82) is 0 Å². The summed E-state index contributed by atoms with van der Waals surface area (Å²) in [6.07, 6.45) is -1.19. The lowest BCUT2D eigenvalue weighted by molar-refractivity contribution is -0.123. The van der Waals surface area contributed by atoms with Crippen LogP contribution in [0.25, 0.3) is 10.8 Å². The van der Waals surface area contributed by atoms with Crippen molar-refractivity contribution in [3.63, 3.8) is 0 Å². The van der Waals surface area contributed by atoms with Gasteiger partial charge in [0.2, 0.25) is 5.91 Å². The average molecular weight is 394 g/mol. The van der Waals surface area contributed by atoms with Crippen LogP contribution in [0, 0.1) is 0 Å². The topological polar surface area (TPSA) is 139 Å². The molecule has 0 aliphatic heterocycles. The van der Waals surface area contributed by atoms with Gasteiger partial charge >= 0.3 is 5.97 Å². The molecule has 0 saturated heterocycles. The summed E-state index contributed by atoms with van der Waals surface area (Å²) in [5.74, 6) is -2.72. The van der Waals surface area contributed by atoms with Crippen LogP contribution in [0.1, 0.15) is 27.6 Å². The first-order chi connectivity index (χ1) is 13.8. The number of phenolic OH excluding ortho intramolecular Hbond substituents is 2. The first-order valence-electron chi connectivity index (χ1n) is 8.63. The number of primary amides is 1. The Morgan fingerprint density at radius 3 is 2.24 bits per heavy atom. The normalized spacial score (nSPS) is 11.6. The van der Waals surface area contributed by atoms with E-state index in [1.807, 2.05) is 0 Å². The van der Waals surface area contributed by atoms with E-state index >= 15 is 0 Å². The second-order valence-electron chi connectivity index (χ2n) is 6.32. The van der Waals surface area contributed by atoms with Gasteiger partial charge in [-0.15, -0.1) is 0 Å². The molecule has 0 aliphatic rings.